The van der Waals surface area contributed by atoms with E-state index in [4.69, 9.17) is 5.73 Å². The van der Waals surface area contributed by atoms with Crippen LogP contribution < -0.4 is 5.73 Å². The molecule has 82 valence electrons. The van der Waals surface area contributed by atoms with Crippen molar-refractivity contribution in [1.82, 2.24) is 4.90 Å². The van der Waals surface area contributed by atoms with E-state index >= 15 is 0 Å². The van der Waals surface area contributed by atoms with Gasteiger partial charge in [-0.25, -0.2) is 0 Å². The number of hydrogen-bond acceptors (Lipinski definition) is 2. The van der Waals surface area contributed by atoms with E-state index in [-0.39, 0.29) is 0 Å². The van der Waals surface area contributed by atoms with Crippen LogP contribution in [0.4, 0.5) is 0 Å². The Bertz CT molecular complexity index is 74.2. The molecule has 13 heavy (non-hydrogen) atoms. The van der Waals surface area contributed by atoms with E-state index in [2.05, 4.69) is 11.8 Å². The van der Waals surface area contributed by atoms with Crippen LogP contribution in [0.3, 0.4) is 0 Å². The predicted octanol–water partition coefficient (Wildman–Crippen LogP) is 2.48. The molecule has 2 nitrogen and oxygen atoms in total. The molecule has 0 aromatic rings. The van der Waals surface area contributed by atoms with Crippen LogP contribution in [0.1, 0.15) is 47.5 Å². The average molecular weight is 188 g/mol. The van der Waals surface area contributed by atoms with E-state index in [1.165, 1.54) is 25.9 Å². The van der Waals surface area contributed by atoms with Gasteiger partial charge in [0, 0.05) is 12.6 Å². The molecule has 1 fully saturated rings. The van der Waals surface area contributed by atoms with Gasteiger partial charge >= 0.3 is 0 Å². The maximum atomic E-state index is 5.56. The van der Waals surface area contributed by atoms with E-state index in [0.717, 1.165) is 6.54 Å². The summed E-state index contributed by atoms with van der Waals surface area (Å²) in [7, 11) is 0. The molecule has 1 aliphatic rings. The lowest BCUT2D eigenvalue weighted by Crippen LogP contribution is -2.34. The van der Waals surface area contributed by atoms with Crippen LogP contribution in [0.25, 0.3) is 0 Å². The largest absolute Gasteiger partial charge is 0.329 e. The summed E-state index contributed by atoms with van der Waals surface area (Å²) in [6.45, 7) is 13.5. The van der Waals surface area contributed by atoms with Crippen LogP contribution in [0.2, 0.25) is 0 Å². The fraction of sp³-hybridized carbons (Fsp3) is 1.00. The SMILES string of the molecule is CC.CC.CCN1CCCC1CN. The van der Waals surface area contributed by atoms with Crippen LogP contribution in [0, 0.1) is 0 Å². The molecule has 0 radical (unpaired) electrons. The zero-order valence-corrected chi connectivity index (χ0v) is 10.1. The number of hydrogen-bond donors (Lipinski definition) is 1. The fourth-order valence-corrected chi connectivity index (χ4v) is 1.58. The smallest absolute Gasteiger partial charge is 0.0218 e. The van der Waals surface area contributed by atoms with Crippen LogP contribution in [-0.4, -0.2) is 30.6 Å². The maximum Gasteiger partial charge on any atom is 0.0218 e. The quantitative estimate of drug-likeness (QED) is 0.721. The lowest BCUT2D eigenvalue weighted by atomic mass is 10.2. The van der Waals surface area contributed by atoms with Gasteiger partial charge in [0.2, 0.25) is 0 Å². The monoisotopic (exact) mass is 188 g/mol. The zero-order valence-electron chi connectivity index (χ0n) is 10.1. The molecule has 0 bridgehead atoms. The van der Waals surface area contributed by atoms with Crippen LogP contribution in [0.5, 0.6) is 0 Å². The summed E-state index contributed by atoms with van der Waals surface area (Å²) in [6.07, 6.45) is 2.65. The summed E-state index contributed by atoms with van der Waals surface area (Å²) in [5.74, 6) is 0. The van der Waals surface area contributed by atoms with Gasteiger partial charge in [-0.3, -0.25) is 4.90 Å². The van der Waals surface area contributed by atoms with E-state index in [1.807, 2.05) is 27.7 Å². The summed E-state index contributed by atoms with van der Waals surface area (Å²) in [4.78, 5) is 2.46. The predicted molar refractivity (Wildman–Crippen MR) is 62.0 cm³/mol. The average Bonchev–Trinajstić information content (AvgIpc) is 2.70. The zero-order chi connectivity index (χ0) is 10.7. The molecule has 1 heterocycles. The second-order valence-electron chi connectivity index (χ2n) is 2.66. The van der Waals surface area contributed by atoms with Crippen molar-refractivity contribution in [2.24, 2.45) is 5.73 Å². The van der Waals surface area contributed by atoms with Gasteiger partial charge in [0.1, 0.15) is 0 Å². The lowest BCUT2D eigenvalue weighted by molar-refractivity contribution is 0.272. The Morgan fingerprint density at radius 1 is 1.23 bits per heavy atom. The standard InChI is InChI=1S/C7H16N2.2C2H6/c1-2-9-5-3-4-7(9)6-8;2*1-2/h7H,2-6,8H2,1H3;2*1-2H3. The van der Waals surface area contributed by atoms with Crippen LogP contribution in [-0.2, 0) is 0 Å². The Hall–Kier alpha value is -0.0800. The van der Waals surface area contributed by atoms with Crippen molar-refractivity contribution in [2.75, 3.05) is 19.6 Å². The van der Waals surface area contributed by atoms with Crippen LogP contribution >= 0.6 is 0 Å². The highest BCUT2D eigenvalue weighted by atomic mass is 15.2. The number of nitrogens with zero attached hydrogens (tertiary/aromatic N) is 1. The first kappa shape index (κ1) is 15.4. The Kier molecular flexibility index (Phi) is 14.1. The second-order valence-corrected chi connectivity index (χ2v) is 2.66. The van der Waals surface area contributed by atoms with Gasteiger partial charge in [-0.05, 0) is 25.9 Å². The molecule has 1 saturated heterocycles. The molecular formula is C11H28N2. The Balaban J connectivity index is 0. The van der Waals surface area contributed by atoms with Gasteiger partial charge in [0.15, 0.2) is 0 Å². The first-order valence-corrected chi connectivity index (χ1v) is 5.82. The molecule has 0 amide bonds. The molecule has 1 atom stereocenters. The summed E-state index contributed by atoms with van der Waals surface area (Å²) in [6, 6.07) is 0.690. The minimum Gasteiger partial charge on any atom is -0.329 e. The van der Waals surface area contributed by atoms with Crippen molar-refractivity contribution in [3.63, 3.8) is 0 Å². The summed E-state index contributed by atoms with van der Waals surface area (Å²) in [5.41, 5.74) is 5.56. The Labute approximate surface area is 84.5 Å². The highest BCUT2D eigenvalue weighted by Crippen LogP contribution is 2.14. The molecule has 0 aromatic heterocycles. The van der Waals surface area contributed by atoms with E-state index in [1.54, 1.807) is 0 Å². The first-order chi connectivity index (χ1) is 6.38. The van der Waals surface area contributed by atoms with E-state index in [0.29, 0.717) is 6.04 Å². The summed E-state index contributed by atoms with van der Waals surface area (Å²) in [5, 5.41) is 0. The lowest BCUT2D eigenvalue weighted by Gasteiger charge is -2.20. The van der Waals surface area contributed by atoms with Crippen molar-refractivity contribution < 1.29 is 0 Å². The minimum atomic E-state index is 0.690. The highest BCUT2D eigenvalue weighted by Gasteiger charge is 2.20. The first-order valence-electron chi connectivity index (χ1n) is 5.82. The molecule has 0 saturated carbocycles. The van der Waals surface area contributed by atoms with Gasteiger partial charge in [-0.15, -0.1) is 0 Å². The van der Waals surface area contributed by atoms with Crippen molar-refractivity contribution in [3.8, 4) is 0 Å². The summed E-state index contributed by atoms with van der Waals surface area (Å²) >= 11 is 0. The number of likely N-dealkylation sites (tertiary alicyclic amines) is 1. The fourth-order valence-electron chi connectivity index (χ4n) is 1.58. The molecular weight excluding hydrogens is 160 g/mol. The third kappa shape index (κ3) is 6.05. The number of rotatable bonds is 2. The molecule has 0 spiro atoms. The molecule has 2 N–H and O–H groups in total. The molecule has 1 unspecified atom stereocenters. The number of likely N-dealkylation sites (N-methyl/N-ethyl adjacent to an activating group) is 1. The third-order valence-corrected chi connectivity index (χ3v) is 2.18. The van der Waals surface area contributed by atoms with Crippen molar-refractivity contribution in [1.29, 1.82) is 0 Å². The minimum absolute atomic E-state index is 0.690. The number of nitrogens with two attached hydrogens (primary N) is 1. The van der Waals surface area contributed by atoms with Gasteiger partial charge in [0.25, 0.3) is 0 Å². The van der Waals surface area contributed by atoms with E-state index in [9.17, 15) is 0 Å². The molecule has 0 aliphatic carbocycles. The molecule has 1 aliphatic heterocycles. The Morgan fingerprint density at radius 2 is 1.77 bits per heavy atom. The van der Waals surface area contributed by atoms with Gasteiger partial charge in [-0.1, -0.05) is 34.6 Å². The third-order valence-electron chi connectivity index (χ3n) is 2.18. The van der Waals surface area contributed by atoms with Gasteiger partial charge in [-0.2, -0.15) is 0 Å². The van der Waals surface area contributed by atoms with Crippen molar-refractivity contribution in [2.45, 2.75) is 53.5 Å². The van der Waals surface area contributed by atoms with Gasteiger partial charge in [0.05, 0.1) is 0 Å². The molecule has 1 rings (SSSR count). The normalized spacial score (nSPS) is 21.2. The Morgan fingerprint density at radius 3 is 2.08 bits per heavy atom. The summed E-state index contributed by atoms with van der Waals surface area (Å²) < 4.78 is 0. The van der Waals surface area contributed by atoms with E-state index < -0.39 is 0 Å². The van der Waals surface area contributed by atoms with Crippen molar-refractivity contribution in [3.05, 3.63) is 0 Å². The molecule has 2 heteroatoms. The maximum absolute atomic E-state index is 5.56. The highest BCUT2D eigenvalue weighted by molar-refractivity contribution is 4.78. The van der Waals surface area contributed by atoms with Crippen molar-refractivity contribution >= 4 is 0 Å². The topological polar surface area (TPSA) is 29.3 Å². The molecule has 0 aromatic carbocycles. The van der Waals surface area contributed by atoms with Crippen LogP contribution in [0.15, 0.2) is 0 Å². The van der Waals surface area contributed by atoms with Gasteiger partial charge < -0.3 is 5.73 Å². The second kappa shape index (κ2) is 11.9.